The number of anilines is 1. The van der Waals surface area contributed by atoms with Gasteiger partial charge in [0.15, 0.2) is 6.10 Å². The quantitative estimate of drug-likeness (QED) is 0.405. The number of alkyl halides is 2. The van der Waals surface area contributed by atoms with Crippen molar-refractivity contribution in [3.8, 4) is 5.75 Å². The van der Waals surface area contributed by atoms with Crippen LogP contribution in [0.4, 0.5) is 5.69 Å². The third-order valence-electron chi connectivity index (χ3n) is 4.17. The molecule has 1 aliphatic heterocycles. The molecule has 10 heteroatoms. The first-order valence-electron chi connectivity index (χ1n) is 8.34. The SMILES string of the molecule is COC(=O)C1OC(Oc2ccc(N(CCCl)CCCl)cc2)C(O)C(O)C1O. The second-order valence-electron chi connectivity index (χ2n) is 5.90. The average molecular weight is 424 g/mol. The minimum atomic E-state index is -1.63. The second kappa shape index (κ2) is 10.3. The Bertz CT molecular complexity index is 597. The summed E-state index contributed by atoms with van der Waals surface area (Å²) in [4.78, 5) is 13.7. The Kier molecular flexibility index (Phi) is 8.40. The molecule has 1 heterocycles. The third kappa shape index (κ3) is 5.37. The molecular formula is C17H23Cl2NO7. The van der Waals surface area contributed by atoms with Crippen LogP contribution in [0.5, 0.6) is 5.75 Å². The number of carbonyl (C=O) groups is 1. The standard InChI is InChI=1S/C17H23Cl2NO7/c1-25-16(24)15-13(22)12(21)14(23)17(27-15)26-11-4-2-10(3-5-11)20(8-6-18)9-7-19/h2-5,12-15,17,21-23H,6-9H2,1H3. The molecule has 5 atom stereocenters. The number of rotatable bonds is 8. The summed E-state index contributed by atoms with van der Waals surface area (Å²) in [5.74, 6) is 0.362. The zero-order chi connectivity index (χ0) is 20.0. The summed E-state index contributed by atoms with van der Waals surface area (Å²) >= 11 is 11.6. The van der Waals surface area contributed by atoms with E-state index >= 15 is 0 Å². The Balaban J connectivity index is 2.09. The van der Waals surface area contributed by atoms with Gasteiger partial charge in [-0.3, -0.25) is 0 Å². The Morgan fingerprint density at radius 1 is 1.07 bits per heavy atom. The van der Waals surface area contributed by atoms with Crippen LogP contribution in [0.15, 0.2) is 24.3 Å². The number of hydrogen-bond acceptors (Lipinski definition) is 8. The van der Waals surface area contributed by atoms with Crippen molar-refractivity contribution < 1.29 is 34.3 Å². The predicted octanol–water partition coefficient (Wildman–Crippen LogP) is 0.330. The molecule has 0 spiro atoms. The summed E-state index contributed by atoms with van der Waals surface area (Å²) in [7, 11) is 1.12. The highest BCUT2D eigenvalue weighted by molar-refractivity contribution is 6.18. The molecular weight excluding hydrogens is 401 g/mol. The van der Waals surface area contributed by atoms with E-state index in [9.17, 15) is 20.1 Å². The van der Waals surface area contributed by atoms with Crippen molar-refractivity contribution in [2.75, 3.05) is 36.9 Å². The Labute approximate surface area is 167 Å². The number of methoxy groups -OCH3 is 1. The number of esters is 1. The lowest BCUT2D eigenvalue weighted by Gasteiger charge is -2.38. The Morgan fingerprint density at radius 3 is 2.19 bits per heavy atom. The molecule has 0 amide bonds. The highest BCUT2D eigenvalue weighted by atomic mass is 35.5. The molecule has 8 nitrogen and oxygen atoms in total. The van der Waals surface area contributed by atoms with Gasteiger partial charge in [-0.15, -0.1) is 23.2 Å². The molecule has 5 unspecified atom stereocenters. The maximum atomic E-state index is 11.7. The van der Waals surface area contributed by atoms with Crippen LogP contribution >= 0.6 is 23.2 Å². The van der Waals surface area contributed by atoms with Crippen LogP contribution in [-0.4, -0.2) is 84.0 Å². The van der Waals surface area contributed by atoms with Gasteiger partial charge >= 0.3 is 5.97 Å². The van der Waals surface area contributed by atoms with E-state index in [2.05, 4.69) is 4.74 Å². The van der Waals surface area contributed by atoms with E-state index < -0.39 is 36.7 Å². The predicted molar refractivity (Wildman–Crippen MR) is 99.4 cm³/mol. The van der Waals surface area contributed by atoms with Gasteiger partial charge in [-0.25, -0.2) is 4.79 Å². The second-order valence-corrected chi connectivity index (χ2v) is 6.65. The summed E-state index contributed by atoms with van der Waals surface area (Å²) in [5, 5.41) is 29.9. The molecule has 0 bridgehead atoms. The van der Waals surface area contributed by atoms with Gasteiger partial charge in [0.1, 0.15) is 24.1 Å². The maximum Gasteiger partial charge on any atom is 0.337 e. The molecule has 152 valence electrons. The maximum absolute atomic E-state index is 11.7. The molecule has 0 aromatic heterocycles. The summed E-state index contributed by atoms with van der Waals surface area (Å²) in [6.07, 6.45) is -7.64. The van der Waals surface area contributed by atoms with Gasteiger partial charge in [0.2, 0.25) is 6.29 Å². The zero-order valence-corrected chi connectivity index (χ0v) is 16.2. The zero-order valence-electron chi connectivity index (χ0n) is 14.7. The van der Waals surface area contributed by atoms with E-state index in [-0.39, 0.29) is 0 Å². The fraction of sp³-hybridized carbons (Fsp3) is 0.588. The average Bonchev–Trinajstić information content (AvgIpc) is 2.68. The van der Waals surface area contributed by atoms with Gasteiger partial charge in [0.25, 0.3) is 0 Å². The molecule has 0 saturated carbocycles. The molecule has 2 rings (SSSR count). The number of halogens is 2. The lowest BCUT2D eigenvalue weighted by atomic mass is 9.99. The molecule has 1 saturated heterocycles. The van der Waals surface area contributed by atoms with E-state index in [1.54, 1.807) is 24.3 Å². The van der Waals surface area contributed by atoms with Crippen LogP contribution in [0.2, 0.25) is 0 Å². The van der Waals surface area contributed by atoms with Gasteiger partial charge in [-0.2, -0.15) is 0 Å². The molecule has 0 aliphatic carbocycles. The molecule has 0 radical (unpaired) electrons. The normalized spacial score (nSPS) is 27.9. The van der Waals surface area contributed by atoms with E-state index in [1.165, 1.54) is 0 Å². The van der Waals surface area contributed by atoms with Crippen molar-refractivity contribution in [1.82, 2.24) is 0 Å². The monoisotopic (exact) mass is 423 g/mol. The van der Waals surface area contributed by atoms with E-state index in [0.717, 1.165) is 12.8 Å². The van der Waals surface area contributed by atoms with E-state index in [1.807, 2.05) is 4.90 Å². The van der Waals surface area contributed by atoms with Crippen molar-refractivity contribution in [3.05, 3.63) is 24.3 Å². The molecule has 1 aliphatic rings. The van der Waals surface area contributed by atoms with Crippen LogP contribution in [0, 0.1) is 0 Å². The molecule has 1 aromatic carbocycles. The van der Waals surface area contributed by atoms with E-state index in [0.29, 0.717) is 30.6 Å². The van der Waals surface area contributed by atoms with Crippen LogP contribution in [0.25, 0.3) is 0 Å². The van der Waals surface area contributed by atoms with E-state index in [4.69, 9.17) is 32.7 Å². The first kappa shape index (κ1) is 22.0. The number of benzene rings is 1. The van der Waals surface area contributed by atoms with Gasteiger partial charge < -0.3 is 34.4 Å². The number of carbonyl (C=O) groups excluding carboxylic acids is 1. The van der Waals surface area contributed by atoms with Gasteiger partial charge in [-0.1, -0.05) is 0 Å². The lowest BCUT2D eigenvalue weighted by molar-refractivity contribution is -0.271. The summed E-state index contributed by atoms with van der Waals surface area (Å²) in [6.45, 7) is 1.26. The van der Waals surface area contributed by atoms with Crippen LogP contribution in [0.3, 0.4) is 0 Å². The van der Waals surface area contributed by atoms with Crippen molar-refractivity contribution in [3.63, 3.8) is 0 Å². The van der Waals surface area contributed by atoms with Crippen molar-refractivity contribution in [2.45, 2.75) is 30.7 Å². The highest BCUT2D eigenvalue weighted by Gasteiger charge is 2.48. The number of ether oxygens (including phenoxy) is 3. The Morgan fingerprint density at radius 2 is 1.67 bits per heavy atom. The minimum Gasteiger partial charge on any atom is -0.467 e. The van der Waals surface area contributed by atoms with Crippen LogP contribution in [0.1, 0.15) is 0 Å². The first-order valence-corrected chi connectivity index (χ1v) is 9.41. The number of aliphatic hydroxyl groups is 3. The topological polar surface area (TPSA) is 109 Å². The fourth-order valence-electron chi connectivity index (χ4n) is 2.70. The molecule has 3 N–H and O–H groups in total. The van der Waals surface area contributed by atoms with Gasteiger partial charge in [0.05, 0.1) is 7.11 Å². The molecule has 1 fully saturated rings. The Hall–Kier alpha value is -1.29. The summed E-state index contributed by atoms with van der Waals surface area (Å²) < 4.78 is 15.4. The number of hydrogen-bond donors (Lipinski definition) is 3. The minimum absolute atomic E-state index is 0.340. The van der Waals surface area contributed by atoms with Crippen molar-refractivity contribution in [1.29, 1.82) is 0 Å². The van der Waals surface area contributed by atoms with Gasteiger partial charge in [0, 0.05) is 30.5 Å². The summed E-state index contributed by atoms with van der Waals surface area (Å²) in [6, 6.07) is 6.86. The smallest absolute Gasteiger partial charge is 0.337 e. The van der Waals surface area contributed by atoms with Crippen LogP contribution in [-0.2, 0) is 14.3 Å². The first-order chi connectivity index (χ1) is 12.9. The third-order valence-corrected chi connectivity index (χ3v) is 4.50. The van der Waals surface area contributed by atoms with Gasteiger partial charge in [-0.05, 0) is 24.3 Å². The number of nitrogens with zero attached hydrogens (tertiary/aromatic N) is 1. The lowest BCUT2D eigenvalue weighted by Crippen LogP contribution is -2.61. The van der Waals surface area contributed by atoms with Crippen molar-refractivity contribution >= 4 is 34.9 Å². The highest BCUT2D eigenvalue weighted by Crippen LogP contribution is 2.26. The molecule has 27 heavy (non-hydrogen) atoms. The van der Waals surface area contributed by atoms with Crippen LogP contribution < -0.4 is 9.64 Å². The largest absolute Gasteiger partial charge is 0.467 e. The summed E-state index contributed by atoms with van der Waals surface area (Å²) in [5.41, 5.74) is 0.886. The number of aliphatic hydroxyl groups excluding tert-OH is 3. The molecule has 1 aromatic rings. The van der Waals surface area contributed by atoms with Crippen molar-refractivity contribution in [2.24, 2.45) is 0 Å². The fourth-order valence-corrected chi connectivity index (χ4v) is 3.11.